The molecule has 0 amide bonds. The molecular formula is C37H32N4O. The van der Waals surface area contributed by atoms with Gasteiger partial charge in [-0.05, 0) is 77.9 Å². The molecular weight excluding hydrogens is 516 g/mol. The van der Waals surface area contributed by atoms with E-state index in [1.165, 1.54) is 27.9 Å². The first-order valence-corrected chi connectivity index (χ1v) is 15.0. The summed E-state index contributed by atoms with van der Waals surface area (Å²) in [4.78, 5) is 5.14. The van der Waals surface area contributed by atoms with Gasteiger partial charge in [0.1, 0.15) is 6.17 Å². The lowest BCUT2D eigenvalue weighted by molar-refractivity contribution is 0.0737. The maximum Gasteiger partial charge on any atom is 0.151 e. The molecule has 4 aromatic carbocycles. The van der Waals surface area contributed by atoms with Crippen LogP contribution in [0.4, 0.5) is 11.4 Å². The molecule has 1 fully saturated rings. The molecule has 1 aromatic heterocycles. The largest absolute Gasteiger partial charge is 0.453 e. The average Bonchev–Trinajstić information content (AvgIpc) is 3.74. The summed E-state index contributed by atoms with van der Waals surface area (Å²) in [5, 5.41) is 3.57. The van der Waals surface area contributed by atoms with Crippen molar-refractivity contribution in [1.82, 2.24) is 14.8 Å². The van der Waals surface area contributed by atoms with Gasteiger partial charge in [-0.15, -0.1) is 0 Å². The van der Waals surface area contributed by atoms with Crippen LogP contribution in [0.5, 0.6) is 11.5 Å². The second-order valence-corrected chi connectivity index (χ2v) is 11.8. The van der Waals surface area contributed by atoms with Crippen molar-refractivity contribution in [3.63, 3.8) is 0 Å². The third-order valence-electron chi connectivity index (χ3n) is 9.62. The van der Waals surface area contributed by atoms with Gasteiger partial charge in [0.25, 0.3) is 0 Å². The fraction of sp³-hybridized carbons (Fsp3) is 0.189. The van der Waals surface area contributed by atoms with E-state index >= 15 is 0 Å². The molecule has 4 atom stereocenters. The van der Waals surface area contributed by atoms with E-state index in [9.17, 15) is 0 Å². The van der Waals surface area contributed by atoms with Crippen molar-refractivity contribution in [3.8, 4) is 33.8 Å². The minimum absolute atomic E-state index is 0.246. The summed E-state index contributed by atoms with van der Waals surface area (Å²) in [6, 6.07) is 40.4. The van der Waals surface area contributed by atoms with Gasteiger partial charge in [0, 0.05) is 24.6 Å². The number of fused-ring (bicyclic) bond motifs is 8. The zero-order chi connectivity index (χ0) is 27.6. The highest BCUT2D eigenvalue weighted by Gasteiger charge is 2.45. The lowest BCUT2D eigenvalue weighted by Gasteiger charge is -2.51. The van der Waals surface area contributed by atoms with Gasteiger partial charge in [-0.1, -0.05) is 72.8 Å². The number of aromatic nitrogens is 1. The molecule has 4 unspecified atom stereocenters. The summed E-state index contributed by atoms with van der Waals surface area (Å²) in [5.74, 6) is 1.85. The highest BCUT2D eigenvalue weighted by molar-refractivity contribution is 5.84. The van der Waals surface area contributed by atoms with Crippen molar-refractivity contribution in [2.24, 2.45) is 0 Å². The Morgan fingerprint density at radius 2 is 1.31 bits per heavy atom. The summed E-state index contributed by atoms with van der Waals surface area (Å²) in [6.45, 7) is 0. The summed E-state index contributed by atoms with van der Waals surface area (Å²) in [5.41, 5.74) is 8.40. The summed E-state index contributed by atoms with van der Waals surface area (Å²) >= 11 is 0. The highest BCUT2D eigenvalue weighted by atomic mass is 16.5. The molecule has 9 rings (SSSR count). The Kier molecular flexibility index (Phi) is 5.27. The molecule has 206 valence electrons. The quantitative estimate of drug-likeness (QED) is 0.245. The molecule has 0 bridgehead atoms. The van der Waals surface area contributed by atoms with Crippen molar-refractivity contribution in [1.29, 1.82) is 0 Å². The van der Waals surface area contributed by atoms with Crippen molar-refractivity contribution in [2.75, 3.05) is 4.90 Å². The number of nitrogens with zero attached hydrogens (tertiary/aromatic N) is 3. The van der Waals surface area contributed by atoms with Crippen molar-refractivity contribution < 1.29 is 4.74 Å². The Bertz CT molecular complexity index is 1720. The Labute approximate surface area is 246 Å². The predicted molar refractivity (Wildman–Crippen MR) is 168 cm³/mol. The molecule has 3 aliphatic heterocycles. The summed E-state index contributed by atoms with van der Waals surface area (Å²) in [6.07, 6.45) is 10.2. The fourth-order valence-electron chi connectivity index (χ4n) is 7.72. The van der Waals surface area contributed by atoms with Gasteiger partial charge in [0.2, 0.25) is 0 Å². The van der Waals surface area contributed by atoms with Gasteiger partial charge in [0.05, 0.1) is 29.2 Å². The van der Waals surface area contributed by atoms with E-state index in [2.05, 4.69) is 147 Å². The number of nitrogens with one attached hydrogen (secondary N) is 1. The van der Waals surface area contributed by atoms with Crippen LogP contribution in [0, 0.1) is 0 Å². The molecule has 0 radical (unpaired) electrons. The lowest BCUT2D eigenvalue weighted by Crippen LogP contribution is -2.52. The number of hydrogen-bond donors (Lipinski definition) is 1. The van der Waals surface area contributed by atoms with E-state index in [0.717, 1.165) is 42.1 Å². The molecule has 4 heterocycles. The van der Waals surface area contributed by atoms with E-state index in [1.54, 1.807) is 0 Å². The maximum atomic E-state index is 6.76. The van der Waals surface area contributed by atoms with Crippen molar-refractivity contribution >= 4 is 11.4 Å². The maximum absolute atomic E-state index is 6.76. The molecule has 5 heteroatoms. The lowest BCUT2D eigenvalue weighted by atomic mass is 9.82. The Hall–Kier alpha value is -4.90. The second-order valence-electron chi connectivity index (χ2n) is 11.8. The number of anilines is 2. The van der Waals surface area contributed by atoms with E-state index in [1.807, 2.05) is 0 Å². The first-order chi connectivity index (χ1) is 20.8. The molecule has 0 saturated heterocycles. The van der Waals surface area contributed by atoms with Gasteiger partial charge in [0.15, 0.2) is 11.5 Å². The SMILES string of the molecule is C1=CN2C(N1)c1cccn1C1CC(N3c4ccc(-c5ccccc5)cc4Oc4cc(-c5ccccc5)ccc43)CCC12. The van der Waals surface area contributed by atoms with Gasteiger partial charge in [-0.2, -0.15) is 0 Å². The van der Waals surface area contributed by atoms with Crippen LogP contribution in [0.15, 0.2) is 128 Å². The molecule has 4 aliphatic rings. The van der Waals surface area contributed by atoms with Crippen LogP contribution in [0.2, 0.25) is 0 Å². The third-order valence-corrected chi connectivity index (χ3v) is 9.62. The number of benzene rings is 4. The van der Waals surface area contributed by atoms with Gasteiger partial charge >= 0.3 is 0 Å². The molecule has 0 spiro atoms. The van der Waals surface area contributed by atoms with Gasteiger partial charge in [-0.25, -0.2) is 0 Å². The molecule has 5 nitrogen and oxygen atoms in total. The smallest absolute Gasteiger partial charge is 0.151 e. The zero-order valence-electron chi connectivity index (χ0n) is 23.3. The molecule has 42 heavy (non-hydrogen) atoms. The monoisotopic (exact) mass is 548 g/mol. The van der Waals surface area contributed by atoms with Crippen molar-refractivity contribution in [3.05, 3.63) is 133 Å². The normalized spacial score (nSPS) is 23.1. The van der Waals surface area contributed by atoms with E-state index < -0.39 is 0 Å². The van der Waals surface area contributed by atoms with Crippen LogP contribution < -0.4 is 15.0 Å². The van der Waals surface area contributed by atoms with Crippen LogP contribution in [-0.2, 0) is 0 Å². The van der Waals surface area contributed by atoms with E-state index in [-0.39, 0.29) is 6.17 Å². The van der Waals surface area contributed by atoms with Crippen LogP contribution in [0.1, 0.15) is 37.2 Å². The van der Waals surface area contributed by atoms with Crippen molar-refractivity contribution in [2.45, 2.75) is 43.6 Å². The van der Waals surface area contributed by atoms with Crippen LogP contribution in [0.3, 0.4) is 0 Å². The van der Waals surface area contributed by atoms with E-state index in [0.29, 0.717) is 18.1 Å². The summed E-state index contributed by atoms with van der Waals surface area (Å²) in [7, 11) is 0. The highest BCUT2D eigenvalue weighted by Crippen LogP contribution is 2.53. The molecule has 1 saturated carbocycles. The Morgan fingerprint density at radius 1 is 0.643 bits per heavy atom. The van der Waals surface area contributed by atoms with Crippen LogP contribution in [0.25, 0.3) is 22.3 Å². The summed E-state index contributed by atoms with van der Waals surface area (Å²) < 4.78 is 9.30. The first kappa shape index (κ1) is 23.8. The van der Waals surface area contributed by atoms with Crippen LogP contribution in [-0.4, -0.2) is 21.6 Å². The standard InChI is InChI=1S/C37H32N4O/c1-3-8-25(9-4-1)27-13-16-31-35(22-27)42-36-23-28(26-10-5-2-6-11-26)14-17-32(36)41(31)29-15-18-30-34(24-29)39-20-7-12-33(39)37-38-19-21-40(30)37/h1-14,16-17,19-23,29-30,34,37-38H,15,18,24H2. The third kappa shape index (κ3) is 3.63. The molecule has 1 N–H and O–H groups in total. The molecule has 1 aliphatic carbocycles. The first-order valence-electron chi connectivity index (χ1n) is 15.0. The number of rotatable bonds is 3. The van der Waals surface area contributed by atoms with Gasteiger partial charge < -0.3 is 24.4 Å². The molecule has 5 aromatic rings. The Morgan fingerprint density at radius 3 is 1.98 bits per heavy atom. The fourth-order valence-corrected chi connectivity index (χ4v) is 7.72. The topological polar surface area (TPSA) is 32.7 Å². The number of hydrogen-bond acceptors (Lipinski definition) is 4. The van der Waals surface area contributed by atoms with Crippen LogP contribution >= 0.6 is 0 Å². The predicted octanol–water partition coefficient (Wildman–Crippen LogP) is 8.62. The number of ether oxygens (including phenoxy) is 1. The minimum atomic E-state index is 0.246. The Balaban J connectivity index is 1.14. The van der Waals surface area contributed by atoms with Gasteiger partial charge in [-0.3, -0.25) is 0 Å². The minimum Gasteiger partial charge on any atom is -0.453 e. The average molecular weight is 549 g/mol. The zero-order valence-corrected chi connectivity index (χ0v) is 23.3. The van der Waals surface area contributed by atoms with E-state index in [4.69, 9.17) is 4.74 Å². The second kappa shape index (κ2) is 9.31.